The molecule has 0 spiro atoms. The fraction of sp³-hybridized carbons (Fsp3) is 0.636. The molecule has 18 heavy (non-hydrogen) atoms. The van der Waals surface area contributed by atoms with Gasteiger partial charge in [0.05, 0.1) is 0 Å². The molecule has 0 unspecified atom stereocenters. The lowest BCUT2D eigenvalue weighted by Crippen LogP contribution is -2.30. The number of nitrogens with two attached hydrogens (primary N) is 1. The van der Waals surface area contributed by atoms with Crippen LogP contribution in [0.15, 0.2) is 6.07 Å². The van der Waals surface area contributed by atoms with Crippen molar-refractivity contribution in [3.63, 3.8) is 0 Å². The standard InChI is InChI=1S/C11H15F3N4/c1-18(7-4-2-3-5-7)9-6-8(15)16-10(17-9)11(12,13)14/h6-7H,2-5H2,1H3,(H2,15,16,17). The van der Waals surface area contributed by atoms with Gasteiger partial charge in [-0.2, -0.15) is 13.2 Å². The van der Waals surface area contributed by atoms with Crippen molar-refractivity contribution in [3.8, 4) is 0 Å². The summed E-state index contributed by atoms with van der Waals surface area (Å²) in [5.41, 5.74) is 5.41. The minimum absolute atomic E-state index is 0.155. The van der Waals surface area contributed by atoms with Crippen molar-refractivity contribution in [1.29, 1.82) is 0 Å². The Balaban J connectivity index is 2.29. The van der Waals surface area contributed by atoms with Gasteiger partial charge in [0, 0.05) is 19.2 Å². The average Bonchev–Trinajstić information content (AvgIpc) is 2.79. The van der Waals surface area contributed by atoms with Crippen molar-refractivity contribution >= 4 is 11.6 Å². The van der Waals surface area contributed by atoms with Gasteiger partial charge in [0.15, 0.2) is 0 Å². The van der Waals surface area contributed by atoms with Crippen LogP contribution in [0.25, 0.3) is 0 Å². The molecule has 2 N–H and O–H groups in total. The van der Waals surface area contributed by atoms with E-state index in [2.05, 4.69) is 9.97 Å². The van der Waals surface area contributed by atoms with Crippen LogP contribution in [0.5, 0.6) is 0 Å². The number of aromatic nitrogens is 2. The lowest BCUT2D eigenvalue weighted by Gasteiger charge is -2.25. The molecule has 7 heteroatoms. The van der Waals surface area contributed by atoms with Crippen molar-refractivity contribution < 1.29 is 13.2 Å². The van der Waals surface area contributed by atoms with Crippen LogP contribution in [0.4, 0.5) is 24.8 Å². The summed E-state index contributed by atoms with van der Waals surface area (Å²) in [6.45, 7) is 0. The van der Waals surface area contributed by atoms with E-state index in [1.54, 1.807) is 11.9 Å². The van der Waals surface area contributed by atoms with Gasteiger partial charge in [-0.1, -0.05) is 12.8 Å². The third kappa shape index (κ3) is 2.65. The van der Waals surface area contributed by atoms with Crippen molar-refractivity contribution in [2.75, 3.05) is 17.7 Å². The Morgan fingerprint density at radius 2 is 1.89 bits per heavy atom. The van der Waals surface area contributed by atoms with E-state index >= 15 is 0 Å². The molecule has 2 rings (SSSR count). The molecule has 0 amide bonds. The van der Waals surface area contributed by atoms with Crippen LogP contribution in [-0.4, -0.2) is 23.1 Å². The Morgan fingerprint density at radius 1 is 1.28 bits per heavy atom. The Kier molecular flexibility index (Phi) is 3.32. The zero-order valence-corrected chi connectivity index (χ0v) is 10.0. The first-order chi connectivity index (χ1) is 8.38. The van der Waals surface area contributed by atoms with Gasteiger partial charge in [0.25, 0.3) is 0 Å². The van der Waals surface area contributed by atoms with E-state index in [0.717, 1.165) is 25.7 Å². The second-order valence-corrected chi connectivity index (χ2v) is 4.52. The molecule has 0 saturated heterocycles. The number of halogens is 3. The Labute approximate surface area is 103 Å². The van der Waals surface area contributed by atoms with Crippen molar-refractivity contribution in [2.24, 2.45) is 0 Å². The maximum Gasteiger partial charge on any atom is 0.451 e. The highest BCUT2D eigenvalue weighted by Gasteiger charge is 2.36. The topological polar surface area (TPSA) is 55.0 Å². The number of nitrogen functional groups attached to an aromatic ring is 1. The number of rotatable bonds is 2. The fourth-order valence-corrected chi connectivity index (χ4v) is 2.24. The summed E-state index contributed by atoms with van der Waals surface area (Å²) in [7, 11) is 1.75. The summed E-state index contributed by atoms with van der Waals surface area (Å²) in [6, 6.07) is 1.62. The molecule has 0 radical (unpaired) electrons. The summed E-state index contributed by atoms with van der Waals surface area (Å²) in [5, 5.41) is 0. The van der Waals surface area contributed by atoms with Gasteiger partial charge in [-0.15, -0.1) is 0 Å². The minimum atomic E-state index is -4.57. The quantitative estimate of drug-likeness (QED) is 0.887. The third-order valence-electron chi connectivity index (χ3n) is 3.22. The van der Waals surface area contributed by atoms with E-state index in [-0.39, 0.29) is 17.7 Å². The molecule has 1 heterocycles. The summed E-state index contributed by atoms with van der Waals surface area (Å²) < 4.78 is 37.8. The number of alkyl halides is 3. The first kappa shape index (κ1) is 12.9. The summed E-state index contributed by atoms with van der Waals surface area (Å²) >= 11 is 0. The first-order valence-corrected chi connectivity index (χ1v) is 5.82. The normalized spacial score (nSPS) is 17.1. The Bertz CT molecular complexity index is 427. The molecule has 0 aliphatic heterocycles. The average molecular weight is 260 g/mol. The minimum Gasteiger partial charge on any atom is -0.384 e. The number of anilines is 2. The van der Waals surface area contributed by atoms with Crippen LogP contribution in [0, 0.1) is 0 Å². The molecule has 1 aliphatic carbocycles. The van der Waals surface area contributed by atoms with Gasteiger partial charge >= 0.3 is 6.18 Å². The van der Waals surface area contributed by atoms with Gasteiger partial charge < -0.3 is 10.6 Å². The molecule has 0 aromatic carbocycles. The third-order valence-corrected chi connectivity index (χ3v) is 3.22. The van der Waals surface area contributed by atoms with E-state index in [1.165, 1.54) is 6.07 Å². The highest BCUT2D eigenvalue weighted by atomic mass is 19.4. The van der Waals surface area contributed by atoms with Gasteiger partial charge in [-0.05, 0) is 12.8 Å². The second-order valence-electron chi connectivity index (χ2n) is 4.52. The summed E-state index contributed by atoms with van der Waals surface area (Å²) in [5.74, 6) is -1.10. The predicted octanol–water partition coefficient (Wildman–Crippen LogP) is 2.46. The van der Waals surface area contributed by atoms with Crippen LogP contribution < -0.4 is 10.6 Å². The Hall–Kier alpha value is -1.53. The number of hydrogen-bond donors (Lipinski definition) is 1. The molecule has 0 atom stereocenters. The molecule has 1 aromatic heterocycles. The molecular formula is C11H15F3N4. The lowest BCUT2D eigenvalue weighted by atomic mass is 10.2. The van der Waals surface area contributed by atoms with E-state index in [1.807, 2.05) is 0 Å². The highest BCUT2D eigenvalue weighted by molar-refractivity contribution is 5.47. The maximum atomic E-state index is 12.6. The zero-order chi connectivity index (χ0) is 13.3. The predicted molar refractivity (Wildman–Crippen MR) is 62.1 cm³/mol. The maximum absolute atomic E-state index is 12.6. The monoisotopic (exact) mass is 260 g/mol. The molecule has 4 nitrogen and oxygen atoms in total. The van der Waals surface area contributed by atoms with E-state index in [9.17, 15) is 13.2 Å². The molecular weight excluding hydrogens is 245 g/mol. The van der Waals surface area contributed by atoms with Gasteiger partial charge in [-0.3, -0.25) is 0 Å². The van der Waals surface area contributed by atoms with Crippen LogP contribution in [-0.2, 0) is 6.18 Å². The fourth-order valence-electron chi connectivity index (χ4n) is 2.24. The number of hydrogen-bond acceptors (Lipinski definition) is 4. The summed E-state index contributed by atoms with van der Waals surface area (Å²) in [4.78, 5) is 8.55. The lowest BCUT2D eigenvalue weighted by molar-refractivity contribution is -0.144. The van der Waals surface area contributed by atoms with Crippen molar-refractivity contribution in [2.45, 2.75) is 37.9 Å². The molecule has 1 aliphatic rings. The number of nitrogens with zero attached hydrogens (tertiary/aromatic N) is 3. The van der Waals surface area contributed by atoms with Crippen LogP contribution in [0.2, 0.25) is 0 Å². The van der Waals surface area contributed by atoms with E-state index in [4.69, 9.17) is 5.73 Å². The van der Waals surface area contributed by atoms with Crippen LogP contribution in [0.3, 0.4) is 0 Å². The molecule has 1 saturated carbocycles. The van der Waals surface area contributed by atoms with Crippen LogP contribution in [0.1, 0.15) is 31.5 Å². The van der Waals surface area contributed by atoms with Crippen LogP contribution >= 0.6 is 0 Å². The van der Waals surface area contributed by atoms with Gasteiger partial charge in [0.2, 0.25) is 5.82 Å². The van der Waals surface area contributed by atoms with E-state index < -0.39 is 12.0 Å². The highest BCUT2D eigenvalue weighted by Crippen LogP contribution is 2.30. The molecule has 1 aromatic rings. The molecule has 0 bridgehead atoms. The first-order valence-electron chi connectivity index (χ1n) is 5.82. The summed E-state index contributed by atoms with van der Waals surface area (Å²) in [6.07, 6.45) is -0.423. The van der Waals surface area contributed by atoms with Crippen molar-refractivity contribution in [3.05, 3.63) is 11.9 Å². The Morgan fingerprint density at radius 3 is 2.44 bits per heavy atom. The van der Waals surface area contributed by atoms with Crippen molar-refractivity contribution in [1.82, 2.24) is 9.97 Å². The largest absolute Gasteiger partial charge is 0.451 e. The van der Waals surface area contributed by atoms with Gasteiger partial charge in [0.1, 0.15) is 11.6 Å². The van der Waals surface area contributed by atoms with E-state index in [0.29, 0.717) is 0 Å². The smallest absolute Gasteiger partial charge is 0.384 e. The molecule has 100 valence electrons. The molecule has 1 fully saturated rings. The zero-order valence-electron chi connectivity index (χ0n) is 10.0. The SMILES string of the molecule is CN(c1cc(N)nc(C(F)(F)F)n1)C1CCCC1. The van der Waals surface area contributed by atoms with Gasteiger partial charge in [-0.25, -0.2) is 9.97 Å². The second kappa shape index (κ2) is 4.62.